The Morgan fingerprint density at radius 3 is 2.88 bits per heavy atom. The van der Waals surface area contributed by atoms with Crippen molar-refractivity contribution in [2.45, 2.75) is 6.92 Å². The summed E-state index contributed by atoms with van der Waals surface area (Å²) in [5.41, 5.74) is 0.101. The van der Waals surface area contributed by atoms with E-state index in [1.807, 2.05) is 0 Å². The number of esters is 1. The molecule has 1 aromatic heterocycles. The molecule has 0 saturated carbocycles. The van der Waals surface area contributed by atoms with Gasteiger partial charge in [0.25, 0.3) is 0 Å². The molecule has 1 aromatic rings. The molecule has 0 aliphatic rings. The molecule has 1 N–H and O–H groups in total. The molecule has 16 heavy (non-hydrogen) atoms. The number of aromatic carboxylic acids is 1. The highest BCUT2D eigenvalue weighted by Crippen LogP contribution is 1.97. The van der Waals surface area contributed by atoms with Gasteiger partial charge < -0.3 is 9.84 Å². The Hall–Kier alpha value is -2.35. The van der Waals surface area contributed by atoms with E-state index in [1.54, 1.807) is 6.92 Å². The first-order valence-corrected chi connectivity index (χ1v) is 4.52. The summed E-state index contributed by atoms with van der Waals surface area (Å²) in [6.07, 6.45) is 0. The Balaban J connectivity index is 2.85. The molecule has 1 rings (SSSR count). The number of carboxylic acid groups (broad SMARTS) is 1. The summed E-state index contributed by atoms with van der Waals surface area (Å²) in [5.74, 6) is 2.82. The predicted octanol–water partition coefficient (Wildman–Crippen LogP) is 0.694. The van der Waals surface area contributed by atoms with E-state index in [0.29, 0.717) is 0 Å². The molecule has 0 saturated heterocycles. The fourth-order valence-corrected chi connectivity index (χ4v) is 0.906. The minimum absolute atomic E-state index is 0.115. The SMILES string of the molecule is CCOC(=O)C#Cc1cccc(C(=O)O)n1. The number of ether oxygens (including phenoxy) is 1. The van der Waals surface area contributed by atoms with Crippen molar-refractivity contribution in [2.75, 3.05) is 6.61 Å². The summed E-state index contributed by atoms with van der Waals surface area (Å²) in [6.45, 7) is 1.92. The normalized spacial score (nSPS) is 8.81. The first-order chi connectivity index (χ1) is 7.63. The Kier molecular flexibility index (Phi) is 4.04. The van der Waals surface area contributed by atoms with Crippen molar-refractivity contribution in [3.05, 3.63) is 29.6 Å². The molecule has 0 aliphatic heterocycles. The second-order valence-electron chi connectivity index (χ2n) is 2.68. The van der Waals surface area contributed by atoms with Crippen LogP contribution in [0.3, 0.4) is 0 Å². The van der Waals surface area contributed by atoms with Crippen LogP contribution in [0.2, 0.25) is 0 Å². The van der Waals surface area contributed by atoms with Crippen LogP contribution in [0.1, 0.15) is 23.1 Å². The van der Waals surface area contributed by atoms with Gasteiger partial charge in [0.2, 0.25) is 0 Å². The molecule has 5 nitrogen and oxygen atoms in total. The van der Waals surface area contributed by atoms with Gasteiger partial charge in [0.15, 0.2) is 0 Å². The van der Waals surface area contributed by atoms with Crippen LogP contribution >= 0.6 is 0 Å². The number of carboxylic acids is 1. The van der Waals surface area contributed by atoms with E-state index in [0.717, 1.165) is 0 Å². The van der Waals surface area contributed by atoms with Gasteiger partial charge in [0, 0.05) is 5.92 Å². The van der Waals surface area contributed by atoms with Crippen LogP contribution in [-0.2, 0) is 9.53 Å². The van der Waals surface area contributed by atoms with Gasteiger partial charge in [-0.05, 0) is 25.0 Å². The van der Waals surface area contributed by atoms with E-state index >= 15 is 0 Å². The molecule has 0 atom stereocenters. The maximum Gasteiger partial charge on any atom is 0.384 e. The average molecular weight is 219 g/mol. The standard InChI is InChI=1S/C11H9NO4/c1-2-16-10(13)7-6-8-4-3-5-9(12-8)11(14)15/h3-5H,2H2,1H3,(H,14,15). The van der Waals surface area contributed by atoms with Gasteiger partial charge in [-0.2, -0.15) is 0 Å². The van der Waals surface area contributed by atoms with E-state index in [-0.39, 0.29) is 18.0 Å². The van der Waals surface area contributed by atoms with E-state index in [1.165, 1.54) is 18.2 Å². The van der Waals surface area contributed by atoms with Crippen LogP contribution < -0.4 is 0 Å². The monoisotopic (exact) mass is 219 g/mol. The van der Waals surface area contributed by atoms with Crippen LogP contribution in [0.15, 0.2) is 18.2 Å². The van der Waals surface area contributed by atoms with Crippen LogP contribution in [0.25, 0.3) is 0 Å². The number of carbonyl (C=O) groups is 2. The zero-order valence-electron chi connectivity index (χ0n) is 8.56. The average Bonchev–Trinajstić information content (AvgIpc) is 2.27. The maximum absolute atomic E-state index is 10.9. The molecule has 5 heteroatoms. The summed E-state index contributed by atoms with van der Waals surface area (Å²) >= 11 is 0. The topological polar surface area (TPSA) is 76.5 Å². The van der Waals surface area contributed by atoms with Gasteiger partial charge in [-0.3, -0.25) is 0 Å². The molecular weight excluding hydrogens is 210 g/mol. The number of hydrogen-bond donors (Lipinski definition) is 1. The third-order valence-electron chi connectivity index (χ3n) is 1.54. The maximum atomic E-state index is 10.9. The fraction of sp³-hybridized carbons (Fsp3) is 0.182. The Bertz CT molecular complexity index is 470. The van der Waals surface area contributed by atoms with Crippen LogP contribution in [0, 0.1) is 11.8 Å². The van der Waals surface area contributed by atoms with Gasteiger partial charge in [0.1, 0.15) is 11.4 Å². The second kappa shape index (κ2) is 5.51. The molecule has 0 aromatic carbocycles. The lowest BCUT2D eigenvalue weighted by molar-refractivity contribution is -0.136. The molecular formula is C11H9NO4. The zero-order valence-corrected chi connectivity index (χ0v) is 8.56. The van der Waals surface area contributed by atoms with E-state index in [9.17, 15) is 9.59 Å². The van der Waals surface area contributed by atoms with Crippen LogP contribution in [0.5, 0.6) is 0 Å². The number of carbonyl (C=O) groups excluding carboxylic acids is 1. The number of rotatable bonds is 2. The third-order valence-corrected chi connectivity index (χ3v) is 1.54. The Morgan fingerprint density at radius 2 is 2.25 bits per heavy atom. The molecule has 82 valence electrons. The van der Waals surface area contributed by atoms with Gasteiger partial charge in [-0.15, -0.1) is 0 Å². The summed E-state index contributed by atoms with van der Waals surface area (Å²) in [6, 6.07) is 4.36. The van der Waals surface area contributed by atoms with Crippen LogP contribution in [0.4, 0.5) is 0 Å². The summed E-state index contributed by atoms with van der Waals surface area (Å²) in [5, 5.41) is 8.67. The van der Waals surface area contributed by atoms with Crippen molar-refractivity contribution in [3.8, 4) is 11.8 Å². The Morgan fingerprint density at radius 1 is 1.50 bits per heavy atom. The molecule has 1 heterocycles. The summed E-state index contributed by atoms with van der Waals surface area (Å²) < 4.78 is 4.58. The first-order valence-electron chi connectivity index (χ1n) is 4.52. The minimum Gasteiger partial charge on any atom is -0.477 e. The van der Waals surface area contributed by atoms with Gasteiger partial charge >= 0.3 is 11.9 Å². The number of hydrogen-bond acceptors (Lipinski definition) is 4. The van der Waals surface area contributed by atoms with Crippen molar-refractivity contribution in [3.63, 3.8) is 0 Å². The Labute approximate surface area is 92.1 Å². The largest absolute Gasteiger partial charge is 0.477 e. The van der Waals surface area contributed by atoms with Gasteiger partial charge in [-0.1, -0.05) is 6.07 Å². The van der Waals surface area contributed by atoms with E-state index < -0.39 is 11.9 Å². The highest BCUT2D eigenvalue weighted by Gasteiger charge is 2.03. The lowest BCUT2D eigenvalue weighted by Gasteiger charge is -1.94. The molecule has 0 radical (unpaired) electrons. The number of aromatic nitrogens is 1. The minimum atomic E-state index is -1.14. The third kappa shape index (κ3) is 3.42. The molecule has 0 spiro atoms. The molecule has 0 unspecified atom stereocenters. The molecule has 0 amide bonds. The van der Waals surface area contributed by atoms with Crippen LogP contribution in [-0.4, -0.2) is 28.6 Å². The van der Waals surface area contributed by atoms with Crippen molar-refractivity contribution >= 4 is 11.9 Å². The van der Waals surface area contributed by atoms with Crippen molar-refractivity contribution in [1.82, 2.24) is 4.98 Å². The molecule has 0 bridgehead atoms. The highest BCUT2D eigenvalue weighted by molar-refractivity contribution is 5.89. The first kappa shape index (κ1) is 11.7. The zero-order chi connectivity index (χ0) is 12.0. The molecule has 0 fully saturated rings. The summed E-state index contributed by atoms with van der Waals surface area (Å²) in [7, 11) is 0. The van der Waals surface area contributed by atoms with Gasteiger partial charge in [0.05, 0.1) is 6.61 Å². The van der Waals surface area contributed by atoms with Crippen molar-refractivity contribution in [1.29, 1.82) is 0 Å². The van der Waals surface area contributed by atoms with Gasteiger partial charge in [-0.25, -0.2) is 14.6 Å². The fourth-order valence-electron chi connectivity index (χ4n) is 0.906. The number of nitrogens with zero attached hydrogens (tertiary/aromatic N) is 1. The second-order valence-corrected chi connectivity index (χ2v) is 2.68. The number of pyridine rings is 1. The molecule has 0 aliphatic carbocycles. The van der Waals surface area contributed by atoms with E-state index in [2.05, 4.69) is 21.6 Å². The lowest BCUT2D eigenvalue weighted by Crippen LogP contribution is -2.02. The smallest absolute Gasteiger partial charge is 0.384 e. The van der Waals surface area contributed by atoms with Crippen molar-refractivity contribution in [2.24, 2.45) is 0 Å². The quantitative estimate of drug-likeness (QED) is 0.585. The predicted molar refractivity (Wildman–Crippen MR) is 54.7 cm³/mol. The van der Waals surface area contributed by atoms with E-state index in [4.69, 9.17) is 5.11 Å². The lowest BCUT2D eigenvalue weighted by atomic mass is 10.3. The van der Waals surface area contributed by atoms with Crippen molar-refractivity contribution < 1.29 is 19.4 Å². The summed E-state index contributed by atoms with van der Waals surface area (Å²) in [4.78, 5) is 25.2. The highest BCUT2D eigenvalue weighted by atomic mass is 16.5.